The van der Waals surface area contributed by atoms with E-state index in [0.717, 1.165) is 6.92 Å². The highest BCUT2D eigenvalue weighted by Gasteiger charge is 2.47. The molecule has 11 atom stereocenters. The molecule has 0 radical (unpaired) electrons. The zero-order valence-electron chi connectivity index (χ0n) is 26.6. The molecule has 11 nitrogen and oxygen atoms in total. The Balaban J connectivity index is 2.28. The van der Waals surface area contributed by atoms with Gasteiger partial charge in [0.25, 0.3) is 0 Å². The van der Waals surface area contributed by atoms with Crippen molar-refractivity contribution >= 4 is 17.9 Å². The minimum Gasteiger partial charge on any atom is -0.459 e. The Morgan fingerprint density at radius 2 is 1.84 bits per heavy atom. The molecule has 4 N–H and O–H groups in total. The van der Waals surface area contributed by atoms with Crippen molar-refractivity contribution in [2.75, 3.05) is 0 Å². The minimum absolute atomic E-state index is 0.0301. The molecule has 0 aromatic rings. The maximum Gasteiger partial charge on any atom is 0.309 e. The zero-order valence-corrected chi connectivity index (χ0v) is 26.6. The van der Waals surface area contributed by atoms with Gasteiger partial charge in [-0.05, 0) is 38.8 Å². The maximum absolute atomic E-state index is 12.8. The molecule has 11 unspecified atom stereocenters. The highest BCUT2D eigenvalue weighted by Crippen LogP contribution is 2.37. The molecule has 11 heteroatoms. The van der Waals surface area contributed by atoms with Gasteiger partial charge in [-0.1, -0.05) is 45.1 Å². The Hall–Kier alpha value is -2.57. The first-order valence-corrected chi connectivity index (χ1v) is 14.9. The van der Waals surface area contributed by atoms with Crippen molar-refractivity contribution in [1.29, 1.82) is 0 Å². The summed E-state index contributed by atoms with van der Waals surface area (Å²) in [5.74, 6) is -2.59. The minimum atomic E-state index is -1.93. The van der Waals surface area contributed by atoms with Gasteiger partial charge in [-0.15, -0.1) is 0 Å². The van der Waals surface area contributed by atoms with E-state index in [1.165, 1.54) is 19.9 Å². The van der Waals surface area contributed by atoms with Crippen molar-refractivity contribution in [3.8, 4) is 0 Å². The molecule has 2 heterocycles. The second-order valence-electron chi connectivity index (χ2n) is 12.4. The summed E-state index contributed by atoms with van der Waals surface area (Å²) in [5, 5.41) is 43.0. The van der Waals surface area contributed by atoms with E-state index < -0.39 is 72.0 Å². The first-order chi connectivity index (χ1) is 19.9. The van der Waals surface area contributed by atoms with E-state index in [1.807, 2.05) is 13.8 Å². The number of hydrogen-bond donors (Lipinski definition) is 4. The van der Waals surface area contributed by atoms with Crippen LogP contribution in [0.15, 0.2) is 36.0 Å². The summed E-state index contributed by atoms with van der Waals surface area (Å²) in [4.78, 5) is 36.5. The summed E-state index contributed by atoms with van der Waals surface area (Å²) in [6.07, 6.45) is 2.98. The Morgan fingerprint density at radius 1 is 1.21 bits per heavy atom. The van der Waals surface area contributed by atoms with Crippen LogP contribution in [-0.4, -0.2) is 92.3 Å². The molecule has 0 amide bonds. The van der Waals surface area contributed by atoms with Crippen LogP contribution < -0.4 is 0 Å². The fourth-order valence-corrected chi connectivity index (χ4v) is 5.38. The largest absolute Gasteiger partial charge is 0.459 e. The molecule has 43 heavy (non-hydrogen) atoms. The summed E-state index contributed by atoms with van der Waals surface area (Å²) < 4.78 is 22.1. The number of carbonyl (C=O) groups is 3. The number of epoxide rings is 1. The topological polar surface area (TPSA) is 172 Å². The van der Waals surface area contributed by atoms with E-state index >= 15 is 0 Å². The Labute approximate surface area is 254 Å². The van der Waals surface area contributed by atoms with Gasteiger partial charge in [0.05, 0.1) is 36.4 Å². The number of cyclic esters (lactones) is 1. The fraction of sp³-hybridized carbons (Fsp3) is 0.719. The number of allylic oxidation sites excluding steroid dienone is 2. The number of carbonyl (C=O) groups excluding carboxylic acids is 3. The van der Waals surface area contributed by atoms with Crippen molar-refractivity contribution in [3.63, 3.8) is 0 Å². The van der Waals surface area contributed by atoms with Crippen molar-refractivity contribution in [2.45, 2.75) is 135 Å². The molecule has 0 aliphatic carbocycles. The van der Waals surface area contributed by atoms with Gasteiger partial charge >= 0.3 is 17.9 Å². The monoisotopic (exact) mass is 610 g/mol. The lowest BCUT2D eigenvalue weighted by Crippen LogP contribution is -2.53. The molecular weight excluding hydrogens is 560 g/mol. The standard InChI is InChI=1S/C32H50O11/c1-9-24(36)20(4)30-25(42-30)17-31(7,38)14-10-11-18(2)29-19(3)12-13-26(40-21(5)33)32(8,39)27(41-22(6)34)15-23(35)16-28(37)43-29/h10-14,19-20,23-27,29-30,35-36,38-39H,9,15-17H2,1-8H3. The van der Waals surface area contributed by atoms with Crippen LogP contribution in [0.3, 0.4) is 0 Å². The third-order valence-electron chi connectivity index (χ3n) is 8.09. The molecule has 0 bridgehead atoms. The normalized spacial score (nSPS) is 35.1. The average Bonchev–Trinajstić information content (AvgIpc) is 3.64. The van der Waals surface area contributed by atoms with Crippen LogP contribution in [0, 0.1) is 11.8 Å². The lowest BCUT2D eigenvalue weighted by molar-refractivity contribution is -0.187. The number of rotatable bonds is 10. The highest BCUT2D eigenvalue weighted by atomic mass is 16.6. The third-order valence-corrected chi connectivity index (χ3v) is 8.09. The van der Waals surface area contributed by atoms with E-state index in [2.05, 4.69) is 0 Å². The maximum atomic E-state index is 12.8. The van der Waals surface area contributed by atoms with Crippen LogP contribution in [0.25, 0.3) is 0 Å². The summed E-state index contributed by atoms with van der Waals surface area (Å²) in [7, 11) is 0. The first-order valence-electron chi connectivity index (χ1n) is 14.9. The second-order valence-corrected chi connectivity index (χ2v) is 12.4. The lowest BCUT2D eigenvalue weighted by Gasteiger charge is -2.38. The van der Waals surface area contributed by atoms with Gasteiger partial charge in [-0.25, -0.2) is 0 Å². The van der Waals surface area contributed by atoms with Crippen LogP contribution in [-0.2, 0) is 33.3 Å². The van der Waals surface area contributed by atoms with Crippen molar-refractivity contribution < 1.29 is 53.8 Å². The molecule has 0 spiro atoms. The molecule has 244 valence electrons. The fourth-order valence-electron chi connectivity index (χ4n) is 5.38. The smallest absolute Gasteiger partial charge is 0.309 e. The van der Waals surface area contributed by atoms with Gasteiger partial charge in [0.2, 0.25) is 0 Å². The molecule has 1 fully saturated rings. The molecule has 2 aliphatic rings. The van der Waals surface area contributed by atoms with Crippen LogP contribution in [0.5, 0.6) is 0 Å². The van der Waals surface area contributed by atoms with Crippen molar-refractivity contribution in [2.24, 2.45) is 11.8 Å². The molecule has 2 rings (SSSR count). The lowest BCUT2D eigenvalue weighted by atomic mass is 9.86. The molecule has 0 saturated carbocycles. The van der Waals surface area contributed by atoms with Gasteiger partial charge in [0.15, 0.2) is 6.10 Å². The van der Waals surface area contributed by atoms with Crippen LogP contribution >= 0.6 is 0 Å². The predicted molar refractivity (Wildman–Crippen MR) is 157 cm³/mol. The van der Waals surface area contributed by atoms with E-state index in [0.29, 0.717) is 18.4 Å². The Morgan fingerprint density at radius 3 is 2.42 bits per heavy atom. The van der Waals surface area contributed by atoms with E-state index in [4.69, 9.17) is 18.9 Å². The third kappa shape index (κ3) is 11.1. The molecule has 0 aromatic carbocycles. The highest BCUT2D eigenvalue weighted by molar-refractivity contribution is 5.70. The summed E-state index contributed by atoms with van der Waals surface area (Å²) in [5.41, 5.74) is -2.48. The average molecular weight is 611 g/mol. The summed E-state index contributed by atoms with van der Waals surface area (Å²) in [6, 6.07) is 0. The SMILES string of the molecule is CCC(O)C(C)C1OC1CC(C)(O)C=CC=C(C)C1OC(=O)CC(O)CC(OC(C)=O)C(C)(O)C(OC(C)=O)C=CC1C. The number of ether oxygens (including phenoxy) is 4. The van der Waals surface area contributed by atoms with E-state index in [-0.39, 0.29) is 24.5 Å². The zero-order chi connectivity index (χ0) is 32.7. The van der Waals surface area contributed by atoms with Crippen LogP contribution in [0.2, 0.25) is 0 Å². The number of esters is 3. The van der Waals surface area contributed by atoms with Gasteiger partial charge in [-0.2, -0.15) is 0 Å². The number of aliphatic hydroxyl groups is 4. The quantitative estimate of drug-likeness (QED) is 0.0942. The van der Waals surface area contributed by atoms with Gasteiger partial charge in [0.1, 0.15) is 17.8 Å². The second kappa shape index (κ2) is 15.4. The van der Waals surface area contributed by atoms with Crippen molar-refractivity contribution in [3.05, 3.63) is 36.0 Å². The van der Waals surface area contributed by atoms with Gasteiger partial charge in [-0.3, -0.25) is 14.4 Å². The first kappa shape index (κ1) is 36.6. The summed E-state index contributed by atoms with van der Waals surface area (Å²) in [6.45, 7) is 12.7. The number of hydrogen-bond acceptors (Lipinski definition) is 11. The van der Waals surface area contributed by atoms with Crippen molar-refractivity contribution in [1.82, 2.24) is 0 Å². The number of aliphatic hydroxyl groups excluding tert-OH is 2. The van der Waals surface area contributed by atoms with Crippen LogP contribution in [0.1, 0.15) is 81.1 Å². The van der Waals surface area contributed by atoms with E-state index in [1.54, 1.807) is 45.1 Å². The van der Waals surface area contributed by atoms with Crippen LogP contribution in [0.4, 0.5) is 0 Å². The molecular formula is C32H50O11. The van der Waals surface area contributed by atoms with Gasteiger partial charge < -0.3 is 39.4 Å². The Bertz CT molecular complexity index is 1060. The van der Waals surface area contributed by atoms with E-state index in [9.17, 15) is 34.8 Å². The predicted octanol–water partition coefficient (Wildman–Crippen LogP) is 2.68. The van der Waals surface area contributed by atoms with Gasteiger partial charge in [0, 0.05) is 38.5 Å². The molecule has 1 saturated heterocycles. The molecule has 0 aromatic heterocycles. The molecule has 2 aliphatic heterocycles. The Kier molecular flexibility index (Phi) is 13.1. The summed E-state index contributed by atoms with van der Waals surface area (Å²) >= 11 is 0.